The molecular weight excluding hydrogens is 308 g/mol. The minimum Gasteiger partial charge on any atom is -0.348 e. The number of nitrogens with zero attached hydrogens (tertiary/aromatic N) is 2. The van der Waals surface area contributed by atoms with E-state index in [0.29, 0.717) is 5.95 Å². The van der Waals surface area contributed by atoms with Gasteiger partial charge in [-0.25, -0.2) is 4.98 Å². The van der Waals surface area contributed by atoms with Gasteiger partial charge >= 0.3 is 0 Å². The third-order valence-electron chi connectivity index (χ3n) is 4.14. The minimum atomic E-state index is 0.136. The molecule has 1 atom stereocenters. The van der Waals surface area contributed by atoms with E-state index >= 15 is 0 Å². The Labute approximate surface area is 149 Å². The van der Waals surface area contributed by atoms with E-state index in [4.69, 9.17) is 0 Å². The molecule has 4 heteroatoms. The maximum absolute atomic E-state index is 4.62. The van der Waals surface area contributed by atoms with Gasteiger partial charge in [0.25, 0.3) is 0 Å². The standard InChI is InChI=1S/C21H24N4/c1-14-10-11-19(15(2)12-14)24-20-13-16(3)22-21(25-20)23-17(4)18-8-6-5-7-9-18/h5-13,17H,1-4H3,(H2,22,23,24,25). The molecule has 0 aliphatic heterocycles. The van der Waals surface area contributed by atoms with Crippen molar-refractivity contribution in [1.29, 1.82) is 0 Å². The summed E-state index contributed by atoms with van der Waals surface area (Å²) in [5.74, 6) is 1.42. The Balaban J connectivity index is 1.80. The molecule has 2 N–H and O–H groups in total. The van der Waals surface area contributed by atoms with Crippen molar-refractivity contribution in [3.63, 3.8) is 0 Å². The minimum absolute atomic E-state index is 0.136. The molecule has 3 aromatic rings. The average molecular weight is 332 g/mol. The highest BCUT2D eigenvalue weighted by molar-refractivity contribution is 5.62. The van der Waals surface area contributed by atoms with Crippen LogP contribution in [0.3, 0.4) is 0 Å². The van der Waals surface area contributed by atoms with Gasteiger partial charge in [-0.3, -0.25) is 0 Å². The first kappa shape index (κ1) is 17.0. The van der Waals surface area contributed by atoms with Crippen LogP contribution in [0, 0.1) is 20.8 Å². The second kappa shape index (κ2) is 7.34. The Morgan fingerprint density at radius 2 is 1.64 bits per heavy atom. The number of anilines is 3. The van der Waals surface area contributed by atoms with E-state index in [1.54, 1.807) is 0 Å². The van der Waals surface area contributed by atoms with Crippen LogP contribution in [0.2, 0.25) is 0 Å². The van der Waals surface area contributed by atoms with Crippen LogP contribution in [0.1, 0.15) is 35.3 Å². The lowest BCUT2D eigenvalue weighted by atomic mass is 10.1. The summed E-state index contributed by atoms with van der Waals surface area (Å²) in [5.41, 5.74) is 5.64. The van der Waals surface area contributed by atoms with Crippen LogP contribution in [0.15, 0.2) is 54.6 Å². The maximum atomic E-state index is 4.62. The van der Waals surface area contributed by atoms with Gasteiger partial charge in [0.1, 0.15) is 5.82 Å². The number of benzene rings is 2. The van der Waals surface area contributed by atoms with E-state index in [1.807, 2.05) is 31.2 Å². The van der Waals surface area contributed by atoms with Gasteiger partial charge in [-0.2, -0.15) is 4.98 Å². The van der Waals surface area contributed by atoms with E-state index in [9.17, 15) is 0 Å². The van der Waals surface area contributed by atoms with Crippen molar-refractivity contribution in [2.45, 2.75) is 33.7 Å². The molecule has 0 aliphatic rings. The molecule has 25 heavy (non-hydrogen) atoms. The normalized spacial score (nSPS) is 11.8. The molecule has 0 aliphatic carbocycles. The van der Waals surface area contributed by atoms with Crippen molar-refractivity contribution in [1.82, 2.24) is 9.97 Å². The average Bonchev–Trinajstić information content (AvgIpc) is 2.58. The van der Waals surface area contributed by atoms with Gasteiger partial charge in [-0.1, -0.05) is 48.0 Å². The fraction of sp³-hybridized carbons (Fsp3) is 0.238. The van der Waals surface area contributed by atoms with Gasteiger partial charge in [0.05, 0.1) is 6.04 Å². The van der Waals surface area contributed by atoms with Crippen LogP contribution in [-0.4, -0.2) is 9.97 Å². The molecule has 0 saturated carbocycles. The Morgan fingerprint density at radius 3 is 2.36 bits per heavy atom. The lowest BCUT2D eigenvalue weighted by Crippen LogP contribution is -2.11. The first-order valence-electron chi connectivity index (χ1n) is 8.53. The van der Waals surface area contributed by atoms with E-state index in [2.05, 4.69) is 71.7 Å². The molecule has 128 valence electrons. The summed E-state index contributed by atoms with van der Waals surface area (Å²) in [4.78, 5) is 9.14. The highest BCUT2D eigenvalue weighted by atomic mass is 15.2. The first-order valence-corrected chi connectivity index (χ1v) is 8.53. The zero-order valence-electron chi connectivity index (χ0n) is 15.2. The van der Waals surface area contributed by atoms with Crippen LogP contribution >= 0.6 is 0 Å². The summed E-state index contributed by atoms with van der Waals surface area (Å²) in [6.07, 6.45) is 0. The third-order valence-corrected chi connectivity index (χ3v) is 4.14. The number of hydrogen-bond acceptors (Lipinski definition) is 4. The SMILES string of the molecule is Cc1ccc(Nc2cc(C)nc(NC(C)c3ccccc3)n2)c(C)c1. The number of aromatic nitrogens is 2. The summed E-state index contributed by atoms with van der Waals surface area (Å²) in [7, 11) is 0. The maximum Gasteiger partial charge on any atom is 0.225 e. The number of rotatable bonds is 5. The fourth-order valence-corrected chi connectivity index (χ4v) is 2.81. The largest absolute Gasteiger partial charge is 0.348 e. The highest BCUT2D eigenvalue weighted by Gasteiger charge is 2.09. The molecule has 0 spiro atoms. The smallest absolute Gasteiger partial charge is 0.225 e. The first-order chi connectivity index (χ1) is 12.0. The number of nitrogens with one attached hydrogen (secondary N) is 2. The second-order valence-electron chi connectivity index (χ2n) is 6.44. The molecule has 0 radical (unpaired) electrons. The van der Waals surface area contributed by atoms with Crippen molar-refractivity contribution in [2.24, 2.45) is 0 Å². The van der Waals surface area contributed by atoms with E-state index in [-0.39, 0.29) is 6.04 Å². The van der Waals surface area contributed by atoms with E-state index in [0.717, 1.165) is 17.2 Å². The predicted octanol–water partition coefficient (Wildman–Crippen LogP) is 5.32. The molecule has 1 heterocycles. The van der Waals surface area contributed by atoms with Crippen LogP contribution in [-0.2, 0) is 0 Å². The molecule has 3 rings (SSSR count). The van der Waals surface area contributed by atoms with E-state index < -0.39 is 0 Å². The summed E-state index contributed by atoms with van der Waals surface area (Å²) in [6.45, 7) is 8.28. The van der Waals surface area contributed by atoms with Crippen molar-refractivity contribution in [3.05, 3.63) is 77.0 Å². The summed E-state index contributed by atoms with van der Waals surface area (Å²) in [6, 6.07) is 18.7. The Morgan fingerprint density at radius 1 is 0.880 bits per heavy atom. The van der Waals surface area contributed by atoms with Gasteiger partial charge in [-0.15, -0.1) is 0 Å². The molecule has 0 bridgehead atoms. The Bertz CT molecular complexity index is 859. The molecule has 4 nitrogen and oxygen atoms in total. The quantitative estimate of drug-likeness (QED) is 0.664. The van der Waals surface area contributed by atoms with Crippen LogP contribution < -0.4 is 10.6 Å². The Hall–Kier alpha value is -2.88. The lowest BCUT2D eigenvalue weighted by Gasteiger charge is -2.16. The number of aryl methyl sites for hydroxylation is 3. The molecule has 0 fully saturated rings. The van der Waals surface area contributed by atoms with Gasteiger partial charge in [0.2, 0.25) is 5.95 Å². The Kier molecular flexibility index (Phi) is 4.98. The highest BCUT2D eigenvalue weighted by Crippen LogP contribution is 2.23. The van der Waals surface area contributed by atoms with Crippen molar-refractivity contribution >= 4 is 17.5 Å². The molecular formula is C21H24N4. The molecule has 1 aromatic heterocycles. The van der Waals surface area contributed by atoms with Gasteiger partial charge < -0.3 is 10.6 Å². The lowest BCUT2D eigenvalue weighted by molar-refractivity contribution is 0.858. The topological polar surface area (TPSA) is 49.8 Å². The molecule has 2 aromatic carbocycles. The fourth-order valence-electron chi connectivity index (χ4n) is 2.81. The monoisotopic (exact) mass is 332 g/mol. The van der Waals surface area contributed by atoms with Gasteiger partial charge in [0.15, 0.2) is 0 Å². The molecule has 0 amide bonds. The van der Waals surface area contributed by atoms with E-state index in [1.165, 1.54) is 16.7 Å². The predicted molar refractivity (Wildman–Crippen MR) is 104 cm³/mol. The second-order valence-corrected chi connectivity index (χ2v) is 6.44. The zero-order chi connectivity index (χ0) is 17.8. The third kappa shape index (κ3) is 4.35. The summed E-state index contributed by atoms with van der Waals surface area (Å²) >= 11 is 0. The van der Waals surface area contributed by atoms with Crippen LogP contribution in [0.4, 0.5) is 17.5 Å². The van der Waals surface area contributed by atoms with Crippen LogP contribution in [0.25, 0.3) is 0 Å². The van der Waals surface area contributed by atoms with Gasteiger partial charge in [-0.05, 0) is 44.9 Å². The van der Waals surface area contributed by atoms with Gasteiger partial charge in [0, 0.05) is 17.4 Å². The zero-order valence-corrected chi connectivity index (χ0v) is 15.2. The summed E-state index contributed by atoms with van der Waals surface area (Å²) < 4.78 is 0. The van der Waals surface area contributed by atoms with Crippen molar-refractivity contribution in [3.8, 4) is 0 Å². The van der Waals surface area contributed by atoms with Crippen molar-refractivity contribution < 1.29 is 0 Å². The molecule has 0 saturated heterocycles. The molecule has 1 unspecified atom stereocenters. The summed E-state index contributed by atoms with van der Waals surface area (Å²) in [5, 5.41) is 6.79. The number of hydrogen-bond donors (Lipinski definition) is 2. The van der Waals surface area contributed by atoms with Crippen molar-refractivity contribution in [2.75, 3.05) is 10.6 Å². The van der Waals surface area contributed by atoms with Crippen LogP contribution in [0.5, 0.6) is 0 Å².